The van der Waals surface area contributed by atoms with Crippen molar-refractivity contribution in [1.82, 2.24) is 9.36 Å². The number of anilines is 1. The Morgan fingerprint density at radius 2 is 1.76 bits per heavy atom. The van der Waals surface area contributed by atoms with Crippen molar-refractivity contribution in [1.29, 1.82) is 0 Å². The highest BCUT2D eigenvalue weighted by atomic mass is 16.6. The molecule has 0 fully saturated rings. The van der Waals surface area contributed by atoms with Gasteiger partial charge in [-0.25, -0.2) is 9.48 Å². The van der Waals surface area contributed by atoms with E-state index in [0.717, 1.165) is 5.69 Å². The standard InChI is InChI=1S/C21H21N3O5/c1-12-17(20(25)24(23(12)2)13-8-6-5-7-9-13)22-19-14-10-11-15(27-3)18(28-4)16(14)21(26)29-19/h5-11,19,22H,1-4H3/t19-/m1/s1. The Hall–Kier alpha value is -3.68. The van der Waals surface area contributed by atoms with E-state index in [9.17, 15) is 9.59 Å². The highest BCUT2D eigenvalue weighted by Gasteiger charge is 2.37. The second-order valence-corrected chi connectivity index (χ2v) is 6.63. The molecule has 3 aromatic rings. The van der Waals surface area contributed by atoms with E-state index in [1.165, 1.54) is 14.2 Å². The molecule has 0 unspecified atom stereocenters. The summed E-state index contributed by atoms with van der Waals surface area (Å²) in [5, 5.41) is 3.09. The van der Waals surface area contributed by atoms with E-state index in [0.29, 0.717) is 34.0 Å². The Kier molecular flexibility index (Phi) is 4.54. The SMILES string of the molecule is COc1ccc2c(c1OC)C(=O)O[C@H]2Nc1c(C)n(C)n(-c2ccccc2)c1=O. The highest BCUT2D eigenvalue weighted by Crippen LogP contribution is 2.42. The predicted molar refractivity (Wildman–Crippen MR) is 107 cm³/mol. The molecular weight excluding hydrogens is 374 g/mol. The molecule has 4 rings (SSSR count). The van der Waals surface area contributed by atoms with Gasteiger partial charge in [-0.1, -0.05) is 18.2 Å². The van der Waals surface area contributed by atoms with Gasteiger partial charge in [-0.15, -0.1) is 0 Å². The maximum Gasteiger partial charge on any atom is 0.344 e. The maximum atomic E-state index is 13.1. The van der Waals surface area contributed by atoms with Crippen LogP contribution in [-0.2, 0) is 11.8 Å². The van der Waals surface area contributed by atoms with Crippen molar-refractivity contribution >= 4 is 11.7 Å². The van der Waals surface area contributed by atoms with Crippen LogP contribution >= 0.6 is 0 Å². The zero-order valence-corrected chi connectivity index (χ0v) is 16.6. The highest BCUT2D eigenvalue weighted by molar-refractivity contribution is 5.98. The monoisotopic (exact) mass is 395 g/mol. The summed E-state index contributed by atoms with van der Waals surface area (Å²) in [7, 11) is 4.77. The molecule has 0 radical (unpaired) electrons. The number of carbonyl (C=O) groups excluding carboxylic acids is 1. The molecule has 2 aromatic carbocycles. The molecule has 150 valence electrons. The predicted octanol–water partition coefficient (Wildman–Crippen LogP) is 2.78. The fourth-order valence-electron chi connectivity index (χ4n) is 3.57. The van der Waals surface area contributed by atoms with Gasteiger partial charge in [0.2, 0.25) is 6.23 Å². The number of hydrogen-bond donors (Lipinski definition) is 1. The minimum atomic E-state index is -0.810. The molecule has 1 aliphatic rings. The van der Waals surface area contributed by atoms with Crippen molar-refractivity contribution in [2.75, 3.05) is 19.5 Å². The number of methoxy groups -OCH3 is 2. The molecular formula is C21H21N3O5. The Balaban J connectivity index is 1.77. The molecule has 1 N–H and O–H groups in total. The topological polar surface area (TPSA) is 83.7 Å². The van der Waals surface area contributed by atoms with Crippen LogP contribution in [0.1, 0.15) is 27.8 Å². The molecule has 1 aromatic heterocycles. The molecule has 0 bridgehead atoms. The number of fused-ring (bicyclic) bond motifs is 1. The number of para-hydroxylation sites is 1. The normalized spacial score (nSPS) is 15.0. The number of nitrogens with zero attached hydrogens (tertiary/aromatic N) is 2. The second-order valence-electron chi connectivity index (χ2n) is 6.63. The molecule has 0 amide bonds. The minimum absolute atomic E-state index is 0.235. The van der Waals surface area contributed by atoms with Gasteiger partial charge in [0.15, 0.2) is 11.5 Å². The summed E-state index contributed by atoms with van der Waals surface area (Å²) in [6.45, 7) is 1.83. The molecule has 8 heteroatoms. The molecule has 0 aliphatic carbocycles. The number of aromatic nitrogens is 2. The summed E-state index contributed by atoms with van der Waals surface area (Å²) in [4.78, 5) is 25.6. The summed E-state index contributed by atoms with van der Waals surface area (Å²) in [5.74, 6) is 0.210. The number of esters is 1. The zero-order chi connectivity index (χ0) is 20.7. The average Bonchev–Trinajstić information content (AvgIpc) is 3.16. The number of rotatable bonds is 5. The van der Waals surface area contributed by atoms with Gasteiger partial charge >= 0.3 is 5.97 Å². The number of nitrogens with one attached hydrogen (secondary N) is 1. The van der Waals surface area contributed by atoms with Gasteiger partial charge in [0.1, 0.15) is 11.3 Å². The number of benzene rings is 2. The number of cyclic esters (lactones) is 1. The van der Waals surface area contributed by atoms with E-state index >= 15 is 0 Å². The van der Waals surface area contributed by atoms with E-state index in [1.54, 1.807) is 28.5 Å². The van der Waals surface area contributed by atoms with Crippen LogP contribution in [0.2, 0.25) is 0 Å². The van der Waals surface area contributed by atoms with Crippen LogP contribution in [0.5, 0.6) is 11.5 Å². The van der Waals surface area contributed by atoms with Gasteiger partial charge in [-0.2, -0.15) is 0 Å². The fourth-order valence-corrected chi connectivity index (χ4v) is 3.57. The van der Waals surface area contributed by atoms with Crippen LogP contribution in [0.15, 0.2) is 47.3 Å². The van der Waals surface area contributed by atoms with E-state index in [2.05, 4.69) is 5.32 Å². The Morgan fingerprint density at radius 3 is 2.41 bits per heavy atom. The van der Waals surface area contributed by atoms with Crippen LogP contribution in [-0.4, -0.2) is 29.6 Å². The molecule has 8 nitrogen and oxygen atoms in total. The molecule has 0 saturated carbocycles. The lowest BCUT2D eigenvalue weighted by Gasteiger charge is -2.14. The van der Waals surface area contributed by atoms with Crippen LogP contribution in [0, 0.1) is 6.92 Å². The lowest BCUT2D eigenvalue weighted by molar-refractivity contribution is 0.0435. The molecule has 29 heavy (non-hydrogen) atoms. The first-order chi connectivity index (χ1) is 14.0. The van der Waals surface area contributed by atoms with Crippen LogP contribution in [0.4, 0.5) is 5.69 Å². The molecule has 0 spiro atoms. The smallest absolute Gasteiger partial charge is 0.344 e. The Labute approximate surface area is 167 Å². The first-order valence-electron chi connectivity index (χ1n) is 9.04. The number of ether oxygens (including phenoxy) is 3. The Bertz CT molecular complexity index is 1150. The minimum Gasteiger partial charge on any atom is -0.493 e. The first kappa shape index (κ1) is 18.7. The average molecular weight is 395 g/mol. The fraction of sp³-hybridized carbons (Fsp3) is 0.238. The lowest BCUT2D eigenvalue weighted by atomic mass is 10.1. The van der Waals surface area contributed by atoms with Crippen LogP contribution < -0.4 is 20.3 Å². The number of carbonyl (C=O) groups is 1. The summed E-state index contributed by atoms with van der Waals surface area (Å²) in [6.07, 6.45) is -0.810. The molecule has 1 atom stereocenters. The van der Waals surface area contributed by atoms with Gasteiger partial charge in [-0.05, 0) is 31.2 Å². The maximum absolute atomic E-state index is 13.1. The number of hydrogen-bond acceptors (Lipinski definition) is 6. The van der Waals surface area contributed by atoms with Crippen molar-refractivity contribution in [3.63, 3.8) is 0 Å². The third kappa shape index (κ3) is 2.84. The van der Waals surface area contributed by atoms with E-state index < -0.39 is 12.2 Å². The second kappa shape index (κ2) is 7.05. The van der Waals surface area contributed by atoms with Crippen molar-refractivity contribution < 1.29 is 19.0 Å². The molecule has 2 heterocycles. The van der Waals surface area contributed by atoms with Gasteiger partial charge < -0.3 is 19.5 Å². The summed E-state index contributed by atoms with van der Waals surface area (Å²) < 4.78 is 19.4. The molecule has 1 aliphatic heterocycles. The van der Waals surface area contributed by atoms with Crippen molar-refractivity contribution in [2.24, 2.45) is 7.05 Å². The zero-order valence-electron chi connectivity index (χ0n) is 16.6. The lowest BCUT2D eigenvalue weighted by Crippen LogP contribution is -2.22. The summed E-state index contributed by atoms with van der Waals surface area (Å²) in [6, 6.07) is 12.8. The molecule has 0 saturated heterocycles. The third-order valence-electron chi connectivity index (χ3n) is 5.12. The van der Waals surface area contributed by atoms with E-state index in [-0.39, 0.29) is 5.56 Å². The van der Waals surface area contributed by atoms with Gasteiger partial charge in [0.05, 0.1) is 25.6 Å². The first-order valence-corrected chi connectivity index (χ1v) is 9.04. The van der Waals surface area contributed by atoms with Crippen molar-refractivity contribution in [2.45, 2.75) is 13.2 Å². The summed E-state index contributed by atoms with van der Waals surface area (Å²) in [5.41, 5.74) is 2.45. The van der Waals surface area contributed by atoms with E-state index in [1.807, 2.05) is 37.3 Å². The summed E-state index contributed by atoms with van der Waals surface area (Å²) >= 11 is 0. The van der Waals surface area contributed by atoms with Gasteiger partial charge in [-0.3, -0.25) is 9.48 Å². The largest absolute Gasteiger partial charge is 0.493 e. The Morgan fingerprint density at radius 1 is 1.03 bits per heavy atom. The van der Waals surface area contributed by atoms with Gasteiger partial charge in [0, 0.05) is 12.6 Å². The van der Waals surface area contributed by atoms with E-state index in [4.69, 9.17) is 14.2 Å². The van der Waals surface area contributed by atoms with Crippen molar-refractivity contribution in [3.05, 3.63) is 69.6 Å². The van der Waals surface area contributed by atoms with Crippen LogP contribution in [0.25, 0.3) is 5.69 Å². The van der Waals surface area contributed by atoms with Gasteiger partial charge in [0.25, 0.3) is 5.56 Å². The quantitative estimate of drug-likeness (QED) is 0.669. The third-order valence-corrected chi connectivity index (χ3v) is 5.12. The van der Waals surface area contributed by atoms with Crippen LogP contribution in [0.3, 0.4) is 0 Å². The van der Waals surface area contributed by atoms with Crippen molar-refractivity contribution in [3.8, 4) is 17.2 Å².